The smallest absolute Gasteiger partial charge is 0.0726 e. The van der Waals surface area contributed by atoms with Crippen LogP contribution < -0.4 is 11.1 Å². The molecular weight excluding hydrogens is 234 g/mol. The highest BCUT2D eigenvalue weighted by Crippen LogP contribution is 2.26. The van der Waals surface area contributed by atoms with Crippen LogP contribution in [0.4, 0.5) is 17.1 Å². The van der Waals surface area contributed by atoms with E-state index in [1.807, 2.05) is 55.5 Å². The molecule has 1 aromatic heterocycles. The van der Waals surface area contributed by atoms with Gasteiger partial charge in [0.1, 0.15) is 0 Å². The van der Waals surface area contributed by atoms with Crippen molar-refractivity contribution < 1.29 is 0 Å². The number of rotatable bonds is 2. The molecule has 0 bridgehead atoms. The standard InChI is InChI=1S/C16H15N3/c1-11-9-16(14-7-2-3-8-15(14)18-11)19-13-6-4-5-12(17)10-13/h2-10H,17H2,1H3,(H,18,19). The third-order valence-electron chi connectivity index (χ3n) is 3.01. The molecule has 1 heterocycles. The number of anilines is 3. The number of pyridine rings is 1. The van der Waals surface area contributed by atoms with Gasteiger partial charge in [-0.25, -0.2) is 0 Å². The minimum atomic E-state index is 0.750. The molecule has 0 spiro atoms. The Labute approximate surface area is 112 Å². The summed E-state index contributed by atoms with van der Waals surface area (Å²) >= 11 is 0. The Kier molecular flexibility index (Phi) is 2.80. The lowest BCUT2D eigenvalue weighted by atomic mass is 10.1. The molecule has 0 atom stereocenters. The van der Waals surface area contributed by atoms with Gasteiger partial charge in [-0.05, 0) is 37.3 Å². The second-order valence-electron chi connectivity index (χ2n) is 4.58. The summed E-state index contributed by atoms with van der Waals surface area (Å²) in [5.41, 5.74) is 10.6. The second kappa shape index (κ2) is 4.61. The lowest BCUT2D eigenvalue weighted by Gasteiger charge is -2.11. The molecule has 94 valence electrons. The van der Waals surface area contributed by atoms with Crippen LogP contribution in [0.15, 0.2) is 54.6 Å². The summed E-state index contributed by atoms with van der Waals surface area (Å²) in [7, 11) is 0. The summed E-state index contributed by atoms with van der Waals surface area (Å²) in [4.78, 5) is 4.53. The van der Waals surface area contributed by atoms with Crippen LogP contribution in [0.25, 0.3) is 10.9 Å². The van der Waals surface area contributed by atoms with Crippen LogP contribution in [0.5, 0.6) is 0 Å². The van der Waals surface area contributed by atoms with Crippen LogP contribution in [-0.4, -0.2) is 4.98 Å². The van der Waals surface area contributed by atoms with E-state index in [4.69, 9.17) is 5.73 Å². The molecule has 19 heavy (non-hydrogen) atoms. The average molecular weight is 249 g/mol. The Hall–Kier alpha value is -2.55. The second-order valence-corrected chi connectivity index (χ2v) is 4.58. The molecule has 3 aromatic rings. The molecule has 2 aromatic carbocycles. The average Bonchev–Trinajstić information content (AvgIpc) is 2.38. The van der Waals surface area contributed by atoms with E-state index in [1.165, 1.54) is 0 Å². The lowest BCUT2D eigenvalue weighted by Crippen LogP contribution is -1.95. The molecule has 3 N–H and O–H groups in total. The summed E-state index contributed by atoms with van der Waals surface area (Å²) in [6, 6.07) is 17.9. The predicted molar refractivity (Wildman–Crippen MR) is 80.6 cm³/mol. The van der Waals surface area contributed by atoms with E-state index in [0.29, 0.717) is 0 Å². The first-order chi connectivity index (χ1) is 9.22. The zero-order valence-corrected chi connectivity index (χ0v) is 10.7. The van der Waals surface area contributed by atoms with E-state index < -0.39 is 0 Å². The molecule has 0 unspecified atom stereocenters. The SMILES string of the molecule is Cc1cc(Nc2cccc(N)c2)c2ccccc2n1. The van der Waals surface area contributed by atoms with Gasteiger partial charge in [0, 0.05) is 28.1 Å². The first-order valence-electron chi connectivity index (χ1n) is 6.21. The minimum absolute atomic E-state index is 0.750. The van der Waals surface area contributed by atoms with Gasteiger partial charge in [0.25, 0.3) is 0 Å². The number of hydrogen-bond donors (Lipinski definition) is 2. The van der Waals surface area contributed by atoms with E-state index in [-0.39, 0.29) is 0 Å². The van der Waals surface area contributed by atoms with Gasteiger partial charge in [0.2, 0.25) is 0 Å². The van der Waals surface area contributed by atoms with Gasteiger partial charge in [-0.15, -0.1) is 0 Å². The molecule has 0 radical (unpaired) electrons. The van der Waals surface area contributed by atoms with E-state index >= 15 is 0 Å². The van der Waals surface area contributed by atoms with Crippen LogP contribution in [0, 0.1) is 6.92 Å². The molecule has 0 fully saturated rings. The van der Waals surface area contributed by atoms with Crippen LogP contribution in [0.2, 0.25) is 0 Å². The normalized spacial score (nSPS) is 10.6. The number of aryl methyl sites for hydroxylation is 1. The Morgan fingerprint density at radius 3 is 2.68 bits per heavy atom. The first-order valence-corrected chi connectivity index (χ1v) is 6.21. The largest absolute Gasteiger partial charge is 0.399 e. The fourth-order valence-electron chi connectivity index (χ4n) is 2.18. The van der Waals surface area contributed by atoms with Crippen molar-refractivity contribution in [3.8, 4) is 0 Å². The zero-order chi connectivity index (χ0) is 13.2. The van der Waals surface area contributed by atoms with E-state index in [9.17, 15) is 0 Å². The molecule has 0 saturated carbocycles. The topological polar surface area (TPSA) is 50.9 Å². The van der Waals surface area contributed by atoms with Gasteiger partial charge in [-0.2, -0.15) is 0 Å². The maximum atomic E-state index is 5.80. The van der Waals surface area contributed by atoms with E-state index in [0.717, 1.165) is 33.7 Å². The van der Waals surface area contributed by atoms with Gasteiger partial charge in [0.05, 0.1) is 5.52 Å². The molecule has 0 aliphatic carbocycles. The van der Waals surface area contributed by atoms with Gasteiger partial charge < -0.3 is 11.1 Å². The third-order valence-corrected chi connectivity index (χ3v) is 3.01. The highest BCUT2D eigenvalue weighted by atomic mass is 14.9. The van der Waals surface area contributed by atoms with E-state index in [1.54, 1.807) is 0 Å². The summed E-state index contributed by atoms with van der Waals surface area (Å²) < 4.78 is 0. The Morgan fingerprint density at radius 2 is 1.84 bits per heavy atom. The van der Waals surface area contributed by atoms with Crippen molar-refractivity contribution >= 4 is 28.0 Å². The minimum Gasteiger partial charge on any atom is -0.399 e. The maximum Gasteiger partial charge on any atom is 0.0726 e. The van der Waals surface area contributed by atoms with Crippen LogP contribution in [-0.2, 0) is 0 Å². The monoisotopic (exact) mass is 249 g/mol. The van der Waals surface area contributed by atoms with Crippen LogP contribution in [0.1, 0.15) is 5.69 Å². The van der Waals surface area contributed by atoms with Crippen molar-refractivity contribution in [3.05, 3.63) is 60.3 Å². The maximum absolute atomic E-state index is 5.80. The molecule has 3 rings (SSSR count). The summed E-state index contributed by atoms with van der Waals surface area (Å²) in [6.45, 7) is 2.00. The lowest BCUT2D eigenvalue weighted by molar-refractivity contribution is 1.25. The fraction of sp³-hybridized carbons (Fsp3) is 0.0625. The molecule has 0 saturated heterocycles. The molecule has 3 nitrogen and oxygen atoms in total. The Balaban J connectivity index is 2.09. The number of nitrogens with one attached hydrogen (secondary N) is 1. The number of aromatic nitrogens is 1. The number of para-hydroxylation sites is 1. The highest BCUT2D eigenvalue weighted by Gasteiger charge is 2.04. The first kappa shape index (κ1) is 11.5. The van der Waals surface area contributed by atoms with Crippen molar-refractivity contribution in [2.24, 2.45) is 0 Å². The van der Waals surface area contributed by atoms with E-state index in [2.05, 4.69) is 16.4 Å². The zero-order valence-electron chi connectivity index (χ0n) is 10.7. The van der Waals surface area contributed by atoms with Crippen molar-refractivity contribution in [2.75, 3.05) is 11.1 Å². The number of fused-ring (bicyclic) bond motifs is 1. The fourth-order valence-corrected chi connectivity index (χ4v) is 2.18. The highest BCUT2D eigenvalue weighted by molar-refractivity contribution is 5.93. The van der Waals surface area contributed by atoms with Crippen LogP contribution in [0.3, 0.4) is 0 Å². The van der Waals surface area contributed by atoms with Crippen molar-refractivity contribution in [3.63, 3.8) is 0 Å². The molecule has 3 heteroatoms. The van der Waals surface area contributed by atoms with Crippen LogP contribution >= 0.6 is 0 Å². The number of nitrogen functional groups attached to an aromatic ring is 1. The summed E-state index contributed by atoms with van der Waals surface area (Å²) in [6.07, 6.45) is 0. The Morgan fingerprint density at radius 1 is 1.00 bits per heavy atom. The number of nitrogens with zero attached hydrogens (tertiary/aromatic N) is 1. The number of benzene rings is 2. The van der Waals surface area contributed by atoms with Crippen molar-refractivity contribution in [2.45, 2.75) is 6.92 Å². The molecule has 0 aliphatic rings. The molecule has 0 amide bonds. The molecular formula is C16H15N3. The summed E-state index contributed by atoms with van der Waals surface area (Å²) in [5, 5.41) is 4.52. The van der Waals surface area contributed by atoms with Gasteiger partial charge >= 0.3 is 0 Å². The number of nitrogens with two attached hydrogens (primary N) is 1. The van der Waals surface area contributed by atoms with Gasteiger partial charge in [-0.3, -0.25) is 4.98 Å². The predicted octanol–water partition coefficient (Wildman–Crippen LogP) is 3.87. The third kappa shape index (κ3) is 2.36. The van der Waals surface area contributed by atoms with Gasteiger partial charge in [0.15, 0.2) is 0 Å². The van der Waals surface area contributed by atoms with Crippen molar-refractivity contribution in [1.29, 1.82) is 0 Å². The Bertz CT molecular complexity index is 735. The van der Waals surface area contributed by atoms with Crippen molar-refractivity contribution in [1.82, 2.24) is 4.98 Å². The number of hydrogen-bond acceptors (Lipinski definition) is 3. The summed E-state index contributed by atoms with van der Waals surface area (Å²) in [5.74, 6) is 0. The quantitative estimate of drug-likeness (QED) is 0.678. The molecule has 0 aliphatic heterocycles. The van der Waals surface area contributed by atoms with Gasteiger partial charge in [-0.1, -0.05) is 24.3 Å².